The topological polar surface area (TPSA) is 46.5 Å². The van der Waals surface area contributed by atoms with E-state index >= 15 is 0 Å². The SMILES string of the molecule is COc1ccc(C(O)C(=O)c2ccc(SC)cc2)cc1F. The molecule has 1 unspecified atom stereocenters. The second-order valence-corrected chi connectivity index (χ2v) is 5.27. The average Bonchev–Trinajstić information content (AvgIpc) is 2.53. The summed E-state index contributed by atoms with van der Waals surface area (Å²) in [6.07, 6.45) is 0.539. The highest BCUT2D eigenvalue weighted by molar-refractivity contribution is 7.98. The maximum absolute atomic E-state index is 13.6. The van der Waals surface area contributed by atoms with Gasteiger partial charge in [-0.2, -0.15) is 0 Å². The number of aliphatic hydroxyl groups is 1. The van der Waals surface area contributed by atoms with Gasteiger partial charge in [0.1, 0.15) is 6.10 Å². The van der Waals surface area contributed by atoms with Crippen molar-refractivity contribution in [3.63, 3.8) is 0 Å². The van der Waals surface area contributed by atoms with E-state index in [1.54, 1.807) is 36.0 Å². The van der Waals surface area contributed by atoms with Crippen LogP contribution in [0.1, 0.15) is 22.0 Å². The van der Waals surface area contributed by atoms with Crippen molar-refractivity contribution in [3.05, 3.63) is 59.4 Å². The Hall–Kier alpha value is -1.85. The summed E-state index contributed by atoms with van der Waals surface area (Å²) in [5.74, 6) is -1.01. The second-order valence-electron chi connectivity index (χ2n) is 4.39. The van der Waals surface area contributed by atoms with Crippen molar-refractivity contribution >= 4 is 17.5 Å². The summed E-state index contributed by atoms with van der Waals surface area (Å²) in [5, 5.41) is 10.1. The van der Waals surface area contributed by atoms with Gasteiger partial charge in [0.05, 0.1) is 7.11 Å². The quantitative estimate of drug-likeness (QED) is 0.678. The zero-order valence-corrected chi connectivity index (χ0v) is 12.5. The molecule has 0 aliphatic heterocycles. The molecule has 0 saturated carbocycles. The largest absolute Gasteiger partial charge is 0.494 e. The Bertz CT molecular complexity index is 640. The fraction of sp³-hybridized carbons (Fsp3) is 0.188. The van der Waals surface area contributed by atoms with Gasteiger partial charge >= 0.3 is 0 Å². The number of ketones is 1. The number of benzene rings is 2. The second kappa shape index (κ2) is 6.74. The Labute approximate surface area is 126 Å². The normalized spacial score (nSPS) is 12.0. The smallest absolute Gasteiger partial charge is 0.195 e. The molecule has 2 aromatic rings. The summed E-state index contributed by atoms with van der Waals surface area (Å²) in [6.45, 7) is 0. The van der Waals surface area contributed by atoms with Crippen molar-refractivity contribution < 1.29 is 19.0 Å². The lowest BCUT2D eigenvalue weighted by Gasteiger charge is -2.11. The molecule has 0 saturated heterocycles. The average molecular weight is 306 g/mol. The lowest BCUT2D eigenvalue weighted by atomic mass is 10.00. The molecular formula is C16H15FO3S. The monoisotopic (exact) mass is 306 g/mol. The van der Waals surface area contributed by atoms with Crippen LogP contribution in [0, 0.1) is 5.82 Å². The highest BCUT2D eigenvalue weighted by Gasteiger charge is 2.20. The van der Waals surface area contributed by atoms with Crippen LogP contribution >= 0.6 is 11.8 Å². The van der Waals surface area contributed by atoms with E-state index in [1.165, 1.54) is 19.2 Å². The fourth-order valence-electron chi connectivity index (χ4n) is 1.92. The first kappa shape index (κ1) is 15.5. The van der Waals surface area contributed by atoms with Gasteiger partial charge < -0.3 is 9.84 Å². The van der Waals surface area contributed by atoms with Gasteiger partial charge in [0, 0.05) is 10.5 Å². The number of ether oxygens (including phenoxy) is 1. The van der Waals surface area contributed by atoms with Crippen molar-refractivity contribution in [1.29, 1.82) is 0 Å². The summed E-state index contributed by atoms with van der Waals surface area (Å²) in [4.78, 5) is 13.2. The molecule has 2 rings (SSSR count). The first-order chi connectivity index (χ1) is 10.1. The molecule has 110 valence electrons. The molecule has 21 heavy (non-hydrogen) atoms. The number of Topliss-reactive ketones (excluding diaryl/α,β-unsaturated/α-hetero) is 1. The number of methoxy groups -OCH3 is 1. The third-order valence-corrected chi connectivity index (χ3v) is 3.86. The summed E-state index contributed by atoms with van der Waals surface area (Å²) in [7, 11) is 1.35. The van der Waals surface area contributed by atoms with E-state index in [-0.39, 0.29) is 11.3 Å². The van der Waals surface area contributed by atoms with Crippen molar-refractivity contribution in [1.82, 2.24) is 0 Å². The third kappa shape index (κ3) is 3.43. The molecule has 5 heteroatoms. The molecule has 2 aromatic carbocycles. The summed E-state index contributed by atoms with van der Waals surface area (Å²) in [6, 6.07) is 10.9. The van der Waals surface area contributed by atoms with Crippen LogP contribution in [-0.2, 0) is 0 Å². The van der Waals surface area contributed by atoms with Crippen molar-refractivity contribution in [2.75, 3.05) is 13.4 Å². The minimum absolute atomic E-state index is 0.0720. The van der Waals surface area contributed by atoms with Crippen LogP contribution in [0.2, 0.25) is 0 Å². The summed E-state index contributed by atoms with van der Waals surface area (Å²) in [5.41, 5.74) is 0.587. The molecule has 1 N–H and O–H groups in total. The molecule has 0 heterocycles. The molecule has 0 aromatic heterocycles. The zero-order valence-electron chi connectivity index (χ0n) is 11.7. The van der Waals surface area contributed by atoms with Gasteiger partial charge in [-0.1, -0.05) is 18.2 Å². The highest BCUT2D eigenvalue weighted by atomic mass is 32.2. The Kier molecular flexibility index (Phi) is 4.98. The maximum Gasteiger partial charge on any atom is 0.195 e. The predicted molar refractivity (Wildman–Crippen MR) is 80.5 cm³/mol. The first-order valence-corrected chi connectivity index (χ1v) is 7.49. The van der Waals surface area contributed by atoms with E-state index in [1.807, 2.05) is 6.26 Å². The number of halogens is 1. The molecule has 0 aliphatic rings. The molecule has 0 amide bonds. The van der Waals surface area contributed by atoms with Crippen LogP contribution in [0.15, 0.2) is 47.4 Å². The van der Waals surface area contributed by atoms with Gasteiger partial charge in [-0.15, -0.1) is 11.8 Å². The van der Waals surface area contributed by atoms with Gasteiger partial charge in [0.15, 0.2) is 17.3 Å². The van der Waals surface area contributed by atoms with E-state index in [4.69, 9.17) is 4.74 Å². The zero-order chi connectivity index (χ0) is 15.4. The van der Waals surface area contributed by atoms with Gasteiger partial charge in [-0.3, -0.25) is 4.79 Å². The number of thioether (sulfide) groups is 1. The first-order valence-electron chi connectivity index (χ1n) is 6.26. The van der Waals surface area contributed by atoms with E-state index in [0.717, 1.165) is 11.0 Å². The maximum atomic E-state index is 13.6. The molecule has 0 aliphatic carbocycles. The Balaban J connectivity index is 2.23. The van der Waals surface area contributed by atoms with Crippen LogP contribution in [0.4, 0.5) is 4.39 Å². The predicted octanol–water partition coefficient (Wildman–Crippen LogP) is 3.47. The van der Waals surface area contributed by atoms with Gasteiger partial charge in [-0.05, 0) is 36.1 Å². The van der Waals surface area contributed by atoms with Gasteiger partial charge in [0.2, 0.25) is 0 Å². The third-order valence-electron chi connectivity index (χ3n) is 3.11. The number of carbonyl (C=O) groups is 1. The van der Waals surface area contributed by atoms with E-state index in [9.17, 15) is 14.3 Å². The van der Waals surface area contributed by atoms with Gasteiger partial charge in [0.25, 0.3) is 0 Å². The minimum atomic E-state index is -1.40. The van der Waals surface area contributed by atoms with Crippen molar-refractivity contribution in [2.24, 2.45) is 0 Å². The van der Waals surface area contributed by atoms with Crippen molar-refractivity contribution in [3.8, 4) is 5.75 Å². The van der Waals surface area contributed by atoms with Crippen molar-refractivity contribution in [2.45, 2.75) is 11.0 Å². The van der Waals surface area contributed by atoms with Crippen LogP contribution < -0.4 is 4.74 Å². The number of carbonyl (C=O) groups excluding carboxylic acids is 1. The highest BCUT2D eigenvalue weighted by Crippen LogP contribution is 2.25. The Morgan fingerprint density at radius 1 is 1.24 bits per heavy atom. The lowest BCUT2D eigenvalue weighted by Crippen LogP contribution is -2.12. The summed E-state index contributed by atoms with van der Waals surface area (Å²) < 4.78 is 18.4. The van der Waals surface area contributed by atoms with Crippen LogP contribution in [0.25, 0.3) is 0 Å². The number of hydrogen-bond donors (Lipinski definition) is 1. The van der Waals surface area contributed by atoms with Crippen LogP contribution in [0.5, 0.6) is 5.75 Å². The van der Waals surface area contributed by atoms with Gasteiger partial charge in [-0.25, -0.2) is 4.39 Å². The van der Waals surface area contributed by atoms with E-state index in [0.29, 0.717) is 5.56 Å². The number of aliphatic hydroxyl groups excluding tert-OH is 1. The molecule has 1 atom stereocenters. The van der Waals surface area contributed by atoms with Crippen LogP contribution in [-0.4, -0.2) is 24.3 Å². The molecule has 3 nitrogen and oxygen atoms in total. The Morgan fingerprint density at radius 3 is 2.43 bits per heavy atom. The number of hydrogen-bond acceptors (Lipinski definition) is 4. The van der Waals surface area contributed by atoms with E-state index < -0.39 is 17.7 Å². The molecule has 0 fully saturated rings. The Morgan fingerprint density at radius 2 is 1.90 bits per heavy atom. The van der Waals surface area contributed by atoms with Crippen LogP contribution in [0.3, 0.4) is 0 Å². The molecule has 0 bridgehead atoms. The minimum Gasteiger partial charge on any atom is -0.494 e. The fourth-order valence-corrected chi connectivity index (χ4v) is 2.33. The molecular weight excluding hydrogens is 291 g/mol. The number of rotatable bonds is 5. The standard InChI is InChI=1S/C16H15FO3S/c1-20-14-8-5-11(9-13(14)17)16(19)15(18)10-3-6-12(21-2)7-4-10/h3-9,16,19H,1-2H3. The lowest BCUT2D eigenvalue weighted by molar-refractivity contribution is 0.0747. The molecule has 0 spiro atoms. The van der Waals surface area contributed by atoms with E-state index in [2.05, 4.69) is 0 Å². The summed E-state index contributed by atoms with van der Waals surface area (Å²) >= 11 is 1.56. The molecule has 0 radical (unpaired) electrons.